The molecule has 5 nitrogen and oxygen atoms in total. The molecule has 0 atom stereocenters. The van der Waals surface area contributed by atoms with Crippen LogP contribution in [0, 0.1) is 11.8 Å². The molecule has 2 aromatic carbocycles. The summed E-state index contributed by atoms with van der Waals surface area (Å²) in [6, 6.07) is 17.6. The molecule has 0 bridgehead atoms. The minimum atomic E-state index is 0.628. The maximum Gasteiger partial charge on any atom is 0.0492 e. The number of piperazine rings is 1. The minimum absolute atomic E-state index is 0.628. The Hall–Kier alpha value is -1.89. The monoisotopic (exact) mass is 525 g/mol. The van der Waals surface area contributed by atoms with Crippen LogP contribution in [0.5, 0.6) is 0 Å². The second kappa shape index (κ2) is 15.5. The van der Waals surface area contributed by atoms with E-state index in [1.165, 1.54) is 49.4 Å². The van der Waals surface area contributed by atoms with E-state index in [0.29, 0.717) is 5.92 Å². The fourth-order valence-corrected chi connectivity index (χ4v) is 5.20. The fourth-order valence-electron chi connectivity index (χ4n) is 5.09. The van der Waals surface area contributed by atoms with Crippen molar-refractivity contribution in [3.05, 3.63) is 77.4 Å². The van der Waals surface area contributed by atoms with Crippen molar-refractivity contribution in [3.8, 4) is 0 Å². The van der Waals surface area contributed by atoms with Gasteiger partial charge < -0.3 is 10.2 Å². The van der Waals surface area contributed by atoms with Crippen molar-refractivity contribution < 1.29 is 0 Å². The molecule has 6 heteroatoms. The maximum atomic E-state index is 5.69. The molecule has 1 saturated heterocycles. The normalized spacial score (nSPS) is 15.1. The van der Waals surface area contributed by atoms with Gasteiger partial charge in [-0.2, -0.15) is 0 Å². The van der Waals surface area contributed by atoms with Gasteiger partial charge in [-0.25, -0.2) is 0 Å². The maximum absolute atomic E-state index is 5.69. The average Bonchev–Trinajstić information content (AvgIpc) is 2.87. The molecule has 204 valence electrons. The molecule has 1 fully saturated rings. The predicted octanol–water partition coefficient (Wildman–Crippen LogP) is 5.42. The van der Waals surface area contributed by atoms with Gasteiger partial charge in [0.25, 0.3) is 0 Å². The Morgan fingerprint density at radius 2 is 1.59 bits per heavy atom. The van der Waals surface area contributed by atoms with E-state index in [4.69, 9.17) is 11.8 Å². The Labute approximate surface area is 231 Å². The molecule has 1 aliphatic rings. The van der Waals surface area contributed by atoms with Crippen LogP contribution < -0.4 is 10.2 Å². The molecule has 0 radical (unpaired) electrons. The highest BCUT2D eigenvalue weighted by molar-refractivity contribution is 6.17. The van der Waals surface area contributed by atoms with Crippen LogP contribution in [0.25, 0.3) is 5.70 Å². The number of hydrogen-bond acceptors (Lipinski definition) is 5. The number of benzene rings is 2. The molecule has 0 aliphatic carbocycles. The van der Waals surface area contributed by atoms with Gasteiger partial charge in [-0.05, 0) is 34.1 Å². The van der Waals surface area contributed by atoms with Gasteiger partial charge in [0.05, 0.1) is 0 Å². The van der Waals surface area contributed by atoms with E-state index in [0.717, 1.165) is 56.4 Å². The van der Waals surface area contributed by atoms with E-state index in [1.807, 2.05) is 0 Å². The number of hydrogen-bond donors (Lipinski definition) is 2. The summed E-state index contributed by atoms with van der Waals surface area (Å²) in [6.07, 6.45) is 0. The highest BCUT2D eigenvalue weighted by Gasteiger charge is 2.17. The third-order valence-corrected chi connectivity index (χ3v) is 7.09. The first-order valence-corrected chi connectivity index (χ1v) is 14.3. The molecule has 1 heterocycles. The van der Waals surface area contributed by atoms with Crippen molar-refractivity contribution in [3.63, 3.8) is 0 Å². The van der Waals surface area contributed by atoms with E-state index in [2.05, 4.69) is 108 Å². The average molecular weight is 526 g/mol. The Kier molecular flexibility index (Phi) is 12.4. The standard InChI is InChI=1S/C31H48ClN5/c1-25(2)21-35-15-17-36(18-16-35)24-30-8-6-7-29(19-30)20-33-13-14-37(22-26(3)4)23-28-9-11-31(12-10-28)27(5)34-32/h6-12,19,25-26,33-34H,5,13-18,20-24H2,1-4H3. The van der Waals surface area contributed by atoms with Crippen LogP contribution >= 0.6 is 11.8 Å². The summed E-state index contributed by atoms with van der Waals surface area (Å²) in [6.45, 7) is 25.1. The van der Waals surface area contributed by atoms with Crippen LogP contribution in [0.15, 0.2) is 55.1 Å². The van der Waals surface area contributed by atoms with Gasteiger partial charge in [0.1, 0.15) is 0 Å². The van der Waals surface area contributed by atoms with Crippen LogP contribution in [0.3, 0.4) is 0 Å². The zero-order valence-electron chi connectivity index (χ0n) is 23.5. The summed E-state index contributed by atoms with van der Waals surface area (Å²) < 4.78 is 0. The molecule has 3 rings (SSSR count). The summed E-state index contributed by atoms with van der Waals surface area (Å²) in [4.78, 5) is 10.3. The highest BCUT2D eigenvalue weighted by Crippen LogP contribution is 2.15. The fraction of sp³-hybridized carbons (Fsp3) is 0.548. The van der Waals surface area contributed by atoms with Crippen LogP contribution in [0.1, 0.15) is 49.9 Å². The van der Waals surface area contributed by atoms with Crippen LogP contribution in [-0.2, 0) is 19.6 Å². The molecule has 1 aliphatic heterocycles. The van der Waals surface area contributed by atoms with E-state index >= 15 is 0 Å². The molecule has 0 spiro atoms. The second-order valence-corrected chi connectivity index (χ2v) is 11.6. The van der Waals surface area contributed by atoms with Gasteiger partial charge >= 0.3 is 0 Å². The number of nitrogens with one attached hydrogen (secondary N) is 2. The smallest absolute Gasteiger partial charge is 0.0492 e. The first-order chi connectivity index (χ1) is 17.8. The van der Waals surface area contributed by atoms with Crippen LogP contribution in [0.4, 0.5) is 0 Å². The van der Waals surface area contributed by atoms with Crippen LogP contribution in [0.2, 0.25) is 0 Å². The van der Waals surface area contributed by atoms with Crippen molar-refractivity contribution in [1.29, 1.82) is 0 Å². The molecule has 0 amide bonds. The summed E-state index contributed by atoms with van der Waals surface area (Å²) >= 11 is 5.69. The first kappa shape index (κ1) is 29.7. The molecule has 0 unspecified atom stereocenters. The van der Waals surface area contributed by atoms with Gasteiger partial charge in [0, 0.05) is 89.5 Å². The summed E-state index contributed by atoms with van der Waals surface area (Å²) in [5.41, 5.74) is 5.85. The van der Waals surface area contributed by atoms with Gasteiger partial charge in [-0.3, -0.25) is 14.6 Å². The van der Waals surface area contributed by atoms with Crippen molar-refractivity contribution in [2.45, 2.75) is 47.3 Å². The molecule has 0 saturated carbocycles. The Bertz CT molecular complexity index is 935. The Balaban J connectivity index is 1.43. The molecule has 37 heavy (non-hydrogen) atoms. The van der Waals surface area contributed by atoms with E-state index in [1.54, 1.807) is 0 Å². The van der Waals surface area contributed by atoms with Gasteiger partial charge in [0.2, 0.25) is 0 Å². The van der Waals surface area contributed by atoms with E-state index in [-0.39, 0.29) is 0 Å². The van der Waals surface area contributed by atoms with Crippen LogP contribution in [-0.4, -0.2) is 67.1 Å². The number of rotatable bonds is 15. The lowest BCUT2D eigenvalue weighted by Gasteiger charge is -2.35. The van der Waals surface area contributed by atoms with Gasteiger partial charge in [-0.1, -0.05) is 82.8 Å². The molecular weight excluding hydrogens is 478 g/mol. The topological polar surface area (TPSA) is 33.8 Å². The lowest BCUT2D eigenvalue weighted by atomic mass is 10.1. The molecular formula is C31H48ClN5. The Morgan fingerprint density at radius 1 is 0.919 bits per heavy atom. The first-order valence-electron chi connectivity index (χ1n) is 13.9. The quantitative estimate of drug-likeness (QED) is 0.239. The Morgan fingerprint density at radius 3 is 2.24 bits per heavy atom. The second-order valence-electron chi connectivity index (χ2n) is 11.4. The largest absolute Gasteiger partial charge is 0.311 e. The third-order valence-electron chi connectivity index (χ3n) is 6.87. The molecule has 2 N–H and O–H groups in total. The van der Waals surface area contributed by atoms with Crippen molar-refractivity contribution in [2.24, 2.45) is 11.8 Å². The summed E-state index contributed by atoms with van der Waals surface area (Å²) in [5.74, 6) is 1.38. The van der Waals surface area contributed by atoms with E-state index in [9.17, 15) is 0 Å². The lowest BCUT2D eigenvalue weighted by Crippen LogP contribution is -2.46. The predicted molar refractivity (Wildman–Crippen MR) is 159 cm³/mol. The molecule has 2 aromatic rings. The number of halogens is 1. The van der Waals surface area contributed by atoms with Gasteiger partial charge in [0.15, 0.2) is 0 Å². The minimum Gasteiger partial charge on any atom is -0.311 e. The zero-order chi connectivity index (χ0) is 26.6. The van der Waals surface area contributed by atoms with Crippen molar-refractivity contribution >= 4 is 17.5 Å². The van der Waals surface area contributed by atoms with Crippen molar-refractivity contribution in [2.75, 3.05) is 52.4 Å². The van der Waals surface area contributed by atoms with E-state index < -0.39 is 0 Å². The van der Waals surface area contributed by atoms with Gasteiger partial charge in [-0.15, -0.1) is 0 Å². The lowest BCUT2D eigenvalue weighted by molar-refractivity contribution is 0.117. The summed E-state index contributed by atoms with van der Waals surface area (Å²) in [5, 5.41) is 3.68. The third kappa shape index (κ3) is 10.8. The number of nitrogens with zero attached hydrogens (tertiary/aromatic N) is 3. The zero-order valence-corrected chi connectivity index (χ0v) is 24.2. The van der Waals surface area contributed by atoms with Crippen molar-refractivity contribution in [1.82, 2.24) is 24.9 Å². The SMILES string of the molecule is C=C(NCl)c1ccc(CN(CCNCc2cccc(CN3CCN(CC(C)C)CC3)c2)CC(C)C)cc1. The molecule has 0 aromatic heterocycles. The highest BCUT2D eigenvalue weighted by atomic mass is 35.5. The summed E-state index contributed by atoms with van der Waals surface area (Å²) in [7, 11) is 0.